The summed E-state index contributed by atoms with van der Waals surface area (Å²) in [4.78, 5) is 14.6. The van der Waals surface area contributed by atoms with Crippen LogP contribution in [0, 0.1) is 0 Å². The Bertz CT molecular complexity index is 371. The van der Waals surface area contributed by atoms with Gasteiger partial charge in [0, 0.05) is 6.20 Å². The molecule has 82 valence electrons. The molecule has 0 N–H and O–H groups in total. The van der Waals surface area contributed by atoms with E-state index in [9.17, 15) is 13.6 Å². The van der Waals surface area contributed by atoms with Crippen molar-refractivity contribution in [3.8, 4) is 0 Å². The summed E-state index contributed by atoms with van der Waals surface area (Å²) in [5.41, 5.74) is -0.476. The molecular weight excluding hydrogens is 228 g/mol. The number of alkyl halides is 2. The normalized spacial score (nSPS) is 10.5. The van der Waals surface area contributed by atoms with Crippen molar-refractivity contribution in [2.24, 2.45) is 0 Å². The van der Waals surface area contributed by atoms with E-state index in [1.165, 1.54) is 0 Å². The molecule has 0 bridgehead atoms. The van der Waals surface area contributed by atoms with Crippen molar-refractivity contribution in [3.05, 3.63) is 28.5 Å². The van der Waals surface area contributed by atoms with Crippen LogP contribution in [0.2, 0.25) is 5.02 Å². The van der Waals surface area contributed by atoms with Gasteiger partial charge in [-0.3, -0.25) is 4.98 Å². The van der Waals surface area contributed by atoms with Crippen molar-refractivity contribution in [3.63, 3.8) is 0 Å². The number of pyridine rings is 1. The van der Waals surface area contributed by atoms with Gasteiger partial charge >= 0.3 is 5.97 Å². The van der Waals surface area contributed by atoms with Crippen molar-refractivity contribution < 1.29 is 18.3 Å². The molecule has 1 aromatic rings. The molecule has 0 saturated heterocycles. The predicted octanol–water partition coefficient (Wildman–Crippen LogP) is 2.85. The van der Waals surface area contributed by atoms with Gasteiger partial charge in [-0.05, 0) is 13.0 Å². The third-order valence-electron chi connectivity index (χ3n) is 1.59. The second-order valence-corrected chi connectivity index (χ2v) is 3.02. The predicted molar refractivity (Wildman–Crippen MR) is 50.2 cm³/mol. The maximum Gasteiger partial charge on any atom is 0.341 e. The van der Waals surface area contributed by atoms with Gasteiger partial charge in [-0.15, -0.1) is 0 Å². The van der Waals surface area contributed by atoms with Crippen molar-refractivity contribution in [2.45, 2.75) is 13.3 Å². The van der Waals surface area contributed by atoms with Gasteiger partial charge in [0.25, 0.3) is 6.43 Å². The lowest BCUT2D eigenvalue weighted by Gasteiger charge is -2.05. The summed E-state index contributed by atoms with van der Waals surface area (Å²) in [6.45, 7) is 1.82. The lowest BCUT2D eigenvalue weighted by Crippen LogP contribution is -2.06. The van der Waals surface area contributed by atoms with E-state index in [4.69, 9.17) is 11.6 Å². The Labute approximate surface area is 90.0 Å². The van der Waals surface area contributed by atoms with Gasteiger partial charge in [0.05, 0.1) is 17.2 Å². The first-order valence-electron chi connectivity index (χ1n) is 4.17. The summed E-state index contributed by atoms with van der Waals surface area (Å²) < 4.78 is 29.0. The van der Waals surface area contributed by atoms with Crippen LogP contribution >= 0.6 is 11.6 Å². The summed E-state index contributed by atoms with van der Waals surface area (Å²) in [6.07, 6.45) is -1.72. The van der Waals surface area contributed by atoms with E-state index in [-0.39, 0.29) is 17.2 Å². The minimum Gasteiger partial charge on any atom is -0.462 e. The van der Waals surface area contributed by atoms with Crippen LogP contribution in [0.3, 0.4) is 0 Å². The van der Waals surface area contributed by atoms with Crippen molar-refractivity contribution in [2.75, 3.05) is 6.61 Å². The van der Waals surface area contributed by atoms with E-state index in [1.807, 2.05) is 0 Å². The average molecular weight is 236 g/mol. The van der Waals surface area contributed by atoms with Crippen LogP contribution in [0.25, 0.3) is 0 Å². The van der Waals surface area contributed by atoms with Gasteiger partial charge in [-0.25, -0.2) is 13.6 Å². The minimum atomic E-state index is -2.71. The Morgan fingerprint density at radius 1 is 1.67 bits per heavy atom. The highest BCUT2D eigenvalue weighted by atomic mass is 35.5. The molecule has 0 radical (unpaired) electrons. The topological polar surface area (TPSA) is 39.2 Å². The number of aromatic nitrogens is 1. The van der Waals surface area contributed by atoms with Crippen LogP contribution in [0.15, 0.2) is 12.3 Å². The third kappa shape index (κ3) is 2.86. The van der Waals surface area contributed by atoms with Crippen LogP contribution in [-0.4, -0.2) is 17.6 Å². The zero-order chi connectivity index (χ0) is 11.4. The molecule has 0 unspecified atom stereocenters. The molecule has 1 aromatic heterocycles. The van der Waals surface area contributed by atoms with Crippen LogP contribution in [0.1, 0.15) is 29.4 Å². The molecule has 0 amide bonds. The molecule has 0 aliphatic carbocycles. The largest absolute Gasteiger partial charge is 0.462 e. The Morgan fingerprint density at radius 2 is 2.33 bits per heavy atom. The van der Waals surface area contributed by atoms with E-state index in [2.05, 4.69) is 9.72 Å². The third-order valence-corrected chi connectivity index (χ3v) is 1.91. The number of carbonyl (C=O) groups excluding carboxylic acids is 1. The van der Waals surface area contributed by atoms with E-state index < -0.39 is 18.1 Å². The molecule has 1 heterocycles. The Morgan fingerprint density at radius 3 is 2.80 bits per heavy atom. The summed E-state index contributed by atoms with van der Waals surface area (Å²) in [7, 11) is 0. The second kappa shape index (κ2) is 5.02. The van der Waals surface area contributed by atoms with Gasteiger partial charge in [0.15, 0.2) is 0 Å². The van der Waals surface area contributed by atoms with Crippen molar-refractivity contribution >= 4 is 17.6 Å². The monoisotopic (exact) mass is 235 g/mol. The highest BCUT2D eigenvalue weighted by Crippen LogP contribution is 2.22. The van der Waals surface area contributed by atoms with Crippen LogP contribution in [-0.2, 0) is 4.74 Å². The fraction of sp³-hybridized carbons (Fsp3) is 0.333. The number of esters is 1. The van der Waals surface area contributed by atoms with Gasteiger partial charge in [0.1, 0.15) is 5.69 Å². The summed E-state index contributed by atoms with van der Waals surface area (Å²) in [5, 5.41) is -0.0845. The summed E-state index contributed by atoms with van der Waals surface area (Å²) in [6, 6.07) is 0.957. The standard InChI is InChI=1S/C9H8ClF2NO2/c1-2-15-9(14)5-4-13-7(8(11)12)3-6(5)10/h3-4,8H,2H2,1H3. The highest BCUT2D eigenvalue weighted by molar-refractivity contribution is 6.33. The van der Waals surface area contributed by atoms with E-state index >= 15 is 0 Å². The van der Waals surface area contributed by atoms with Crippen LogP contribution in [0.5, 0.6) is 0 Å². The van der Waals surface area contributed by atoms with Crippen molar-refractivity contribution in [1.29, 1.82) is 0 Å². The molecule has 0 atom stereocenters. The molecule has 0 aromatic carbocycles. The van der Waals surface area contributed by atoms with Crippen molar-refractivity contribution in [1.82, 2.24) is 4.98 Å². The zero-order valence-electron chi connectivity index (χ0n) is 7.84. The Hall–Kier alpha value is -1.23. The fourth-order valence-electron chi connectivity index (χ4n) is 0.924. The lowest BCUT2D eigenvalue weighted by atomic mass is 10.2. The van der Waals surface area contributed by atoms with Crippen LogP contribution < -0.4 is 0 Å². The quantitative estimate of drug-likeness (QED) is 0.757. The summed E-state index contributed by atoms with van der Waals surface area (Å²) >= 11 is 5.63. The van der Waals surface area contributed by atoms with E-state index in [0.717, 1.165) is 12.3 Å². The van der Waals surface area contributed by atoms with Gasteiger partial charge < -0.3 is 4.74 Å². The molecule has 0 aliphatic heterocycles. The number of halogens is 3. The van der Waals surface area contributed by atoms with E-state index in [0.29, 0.717) is 0 Å². The molecule has 0 spiro atoms. The van der Waals surface area contributed by atoms with Gasteiger partial charge in [-0.2, -0.15) is 0 Å². The average Bonchev–Trinajstić information content (AvgIpc) is 2.17. The number of ether oxygens (including phenoxy) is 1. The second-order valence-electron chi connectivity index (χ2n) is 2.61. The molecular formula is C9H8ClF2NO2. The molecule has 0 saturated carbocycles. The number of hydrogen-bond acceptors (Lipinski definition) is 3. The Kier molecular flexibility index (Phi) is 3.96. The number of nitrogens with zero attached hydrogens (tertiary/aromatic N) is 1. The smallest absolute Gasteiger partial charge is 0.341 e. The fourth-order valence-corrected chi connectivity index (χ4v) is 1.16. The maximum atomic E-state index is 12.2. The molecule has 0 aliphatic rings. The SMILES string of the molecule is CCOC(=O)c1cnc(C(F)F)cc1Cl. The lowest BCUT2D eigenvalue weighted by molar-refractivity contribution is 0.0525. The number of carbonyl (C=O) groups is 1. The summed E-state index contributed by atoms with van der Waals surface area (Å²) in [5.74, 6) is -0.671. The molecule has 6 heteroatoms. The first kappa shape index (κ1) is 11.8. The molecule has 3 nitrogen and oxygen atoms in total. The zero-order valence-corrected chi connectivity index (χ0v) is 8.59. The molecule has 15 heavy (non-hydrogen) atoms. The molecule has 0 fully saturated rings. The minimum absolute atomic E-state index is 0.0112. The maximum absolute atomic E-state index is 12.2. The first-order chi connectivity index (χ1) is 7.06. The number of hydrogen-bond donors (Lipinski definition) is 0. The van der Waals surface area contributed by atoms with E-state index in [1.54, 1.807) is 6.92 Å². The first-order valence-corrected chi connectivity index (χ1v) is 4.54. The van der Waals surface area contributed by atoms with Gasteiger partial charge in [-0.1, -0.05) is 11.6 Å². The molecule has 1 rings (SSSR count). The Balaban J connectivity index is 2.98. The number of rotatable bonds is 3. The van der Waals surface area contributed by atoms with Gasteiger partial charge in [0.2, 0.25) is 0 Å². The van der Waals surface area contributed by atoms with Crippen LogP contribution in [0.4, 0.5) is 8.78 Å². The highest BCUT2D eigenvalue weighted by Gasteiger charge is 2.16.